The molecular weight excluding hydrogens is 722 g/mol. The van der Waals surface area contributed by atoms with Gasteiger partial charge in [-0.15, -0.1) is 6.58 Å². The number of unbranched alkanes of at least 4 members (excludes halogenated alkanes) is 2. The molecule has 6 rings (SSSR count). The lowest BCUT2D eigenvalue weighted by molar-refractivity contribution is -0.256. The van der Waals surface area contributed by atoms with Crippen LogP contribution in [-0.4, -0.2) is 72.8 Å². The Bertz CT molecular complexity index is 1870. The molecule has 300 valence electrons. The van der Waals surface area contributed by atoms with E-state index in [1.54, 1.807) is 47.4 Å². The number of oxime groups is 1. The lowest BCUT2D eigenvalue weighted by Gasteiger charge is -2.59. The van der Waals surface area contributed by atoms with Crippen LogP contribution in [0.25, 0.3) is 0 Å². The first kappa shape index (κ1) is 40.9. The molecule has 3 aromatic carbocycles. The molecule has 10 nitrogen and oxygen atoms in total. The maximum atomic E-state index is 14.6. The molecule has 0 aromatic heterocycles. The maximum absolute atomic E-state index is 14.6. The number of hydrogen-bond donors (Lipinski definition) is 2. The maximum Gasteiger partial charge on any atom is 0.410 e. The van der Waals surface area contributed by atoms with Crippen molar-refractivity contribution in [2.45, 2.75) is 75.8 Å². The summed E-state index contributed by atoms with van der Waals surface area (Å²) in [4.78, 5) is 21.0. The number of allylic oxidation sites excluding steroid dienone is 1. The van der Waals surface area contributed by atoms with E-state index < -0.39 is 29.7 Å². The number of methoxy groups -OCH3 is 1. The van der Waals surface area contributed by atoms with E-state index >= 15 is 0 Å². The Morgan fingerprint density at radius 3 is 2.46 bits per heavy atom. The van der Waals surface area contributed by atoms with E-state index in [0.717, 1.165) is 36.8 Å². The minimum Gasteiger partial charge on any atom is -0.489 e. The van der Waals surface area contributed by atoms with Gasteiger partial charge in [0.1, 0.15) is 42.9 Å². The molecule has 6 atom stereocenters. The van der Waals surface area contributed by atoms with Gasteiger partial charge in [0.2, 0.25) is 5.79 Å². The molecule has 1 amide bonds. The monoisotopic (exact) mass is 774 g/mol. The molecule has 12 heteroatoms. The van der Waals surface area contributed by atoms with Gasteiger partial charge in [0.25, 0.3) is 0 Å². The zero-order valence-electron chi connectivity index (χ0n) is 32.1. The summed E-state index contributed by atoms with van der Waals surface area (Å²) in [5, 5.41) is 24.2. The molecular formula is C44H52F2N2O8. The minimum atomic E-state index is -1.50. The summed E-state index contributed by atoms with van der Waals surface area (Å²) >= 11 is 0. The van der Waals surface area contributed by atoms with E-state index in [-0.39, 0.29) is 63.0 Å². The normalized spacial score (nSPS) is 24.3. The van der Waals surface area contributed by atoms with Crippen LogP contribution in [-0.2, 0) is 27.5 Å². The van der Waals surface area contributed by atoms with Crippen molar-refractivity contribution in [2.24, 2.45) is 22.9 Å². The van der Waals surface area contributed by atoms with Crippen molar-refractivity contribution in [1.82, 2.24) is 4.90 Å². The fraction of sp³-hybridized carbons (Fsp3) is 0.455. The predicted molar refractivity (Wildman–Crippen MR) is 207 cm³/mol. The van der Waals surface area contributed by atoms with Gasteiger partial charge in [-0.2, -0.15) is 0 Å². The van der Waals surface area contributed by atoms with E-state index in [1.165, 1.54) is 32.4 Å². The average molecular weight is 775 g/mol. The summed E-state index contributed by atoms with van der Waals surface area (Å²) in [7, 11) is 2.80. The van der Waals surface area contributed by atoms with Gasteiger partial charge in [-0.3, -0.25) is 4.90 Å². The topological polar surface area (TPSA) is 119 Å². The molecule has 3 aromatic rings. The van der Waals surface area contributed by atoms with Crippen LogP contribution in [0.2, 0.25) is 0 Å². The predicted octanol–water partition coefficient (Wildman–Crippen LogP) is 8.08. The molecule has 0 spiro atoms. The molecule has 1 fully saturated rings. The number of benzene rings is 3. The van der Waals surface area contributed by atoms with Crippen molar-refractivity contribution >= 4 is 11.8 Å². The van der Waals surface area contributed by atoms with Crippen LogP contribution in [0.15, 0.2) is 96.2 Å². The van der Waals surface area contributed by atoms with Crippen LogP contribution in [0.1, 0.15) is 67.6 Å². The van der Waals surface area contributed by atoms with Gasteiger partial charge in [0.15, 0.2) is 0 Å². The quantitative estimate of drug-likeness (QED) is 0.0757. The Balaban J connectivity index is 1.56. The highest BCUT2D eigenvalue weighted by atomic mass is 19.1. The SMILES string of the molecule is C=CCOC12Oc3ccc(OCc4ccccc4F)cc3C3C(CCCCO)C(CCCCO)C=C(C(=NOC)CC1N(Cc1ccc(F)cc1)C(=O)OC)C32. The van der Waals surface area contributed by atoms with Gasteiger partial charge in [0, 0.05) is 43.2 Å². The number of rotatable bonds is 18. The molecule has 0 radical (unpaired) electrons. The molecule has 1 aliphatic heterocycles. The third-order valence-electron chi connectivity index (χ3n) is 11.2. The Kier molecular flexibility index (Phi) is 13.8. The highest BCUT2D eigenvalue weighted by Gasteiger charge is 2.65. The van der Waals surface area contributed by atoms with Crippen molar-refractivity contribution in [2.75, 3.05) is 34.0 Å². The second kappa shape index (κ2) is 18.9. The summed E-state index contributed by atoms with van der Waals surface area (Å²) in [5.41, 5.74) is 3.46. The van der Waals surface area contributed by atoms with Crippen molar-refractivity contribution in [3.63, 3.8) is 0 Å². The number of ether oxygens (including phenoxy) is 4. The third-order valence-corrected chi connectivity index (χ3v) is 11.2. The number of halogens is 2. The average Bonchev–Trinajstić information content (AvgIpc) is 3.21. The third kappa shape index (κ3) is 8.62. The van der Waals surface area contributed by atoms with Crippen LogP contribution in [0.5, 0.6) is 11.5 Å². The van der Waals surface area contributed by atoms with Crippen LogP contribution >= 0.6 is 0 Å². The van der Waals surface area contributed by atoms with Gasteiger partial charge < -0.3 is 34.0 Å². The second-order valence-corrected chi connectivity index (χ2v) is 14.6. The Hall–Kier alpha value is -4.78. The molecule has 56 heavy (non-hydrogen) atoms. The number of fused-ring (bicyclic) bond motifs is 2. The van der Waals surface area contributed by atoms with E-state index in [0.29, 0.717) is 41.2 Å². The zero-order valence-corrected chi connectivity index (χ0v) is 32.1. The summed E-state index contributed by atoms with van der Waals surface area (Å²) in [6, 6.07) is 17.2. The molecule has 6 unspecified atom stereocenters. The molecule has 3 aliphatic rings. The largest absolute Gasteiger partial charge is 0.489 e. The number of amides is 1. The molecule has 2 N–H and O–H groups in total. The van der Waals surface area contributed by atoms with Crippen molar-refractivity contribution in [3.05, 3.63) is 119 Å². The van der Waals surface area contributed by atoms with Crippen LogP contribution in [0.4, 0.5) is 13.6 Å². The van der Waals surface area contributed by atoms with E-state index in [4.69, 9.17) is 23.8 Å². The smallest absolute Gasteiger partial charge is 0.410 e. The molecule has 2 aliphatic carbocycles. The standard InChI is InChI=1S/C44H52F2N2O8/c1-4-23-55-44-40(48(43(51)52-2)27-29-15-17-32(45)18-16-29)26-38(47-53-3)35-24-30(11-7-9-21-49)34(13-8-10-22-50)41(42(35)44)36-25-33(19-20-39(36)56-44)54-28-31-12-5-6-14-37(31)46/h4-6,12,14-20,24-25,30,34,40-42,49-50H,1,7-11,13,21-23,26-28H2,2-3H3. The first-order chi connectivity index (χ1) is 27.3. The van der Waals surface area contributed by atoms with E-state index in [9.17, 15) is 23.8 Å². The first-order valence-electron chi connectivity index (χ1n) is 19.3. The lowest BCUT2D eigenvalue weighted by Crippen LogP contribution is -2.70. The van der Waals surface area contributed by atoms with Gasteiger partial charge in [-0.1, -0.05) is 60.5 Å². The van der Waals surface area contributed by atoms with Crippen LogP contribution in [0.3, 0.4) is 0 Å². The highest BCUT2D eigenvalue weighted by Crippen LogP contribution is 2.62. The van der Waals surface area contributed by atoms with Gasteiger partial charge in [-0.05, 0) is 85.1 Å². The zero-order chi connectivity index (χ0) is 39.7. The van der Waals surface area contributed by atoms with E-state index in [2.05, 4.69) is 17.8 Å². The molecule has 1 saturated carbocycles. The summed E-state index contributed by atoms with van der Waals surface area (Å²) in [6.07, 6.45) is 7.79. The Morgan fingerprint density at radius 2 is 1.77 bits per heavy atom. The minimum absolute atomic E-state index is 0.00335. The van der Waals surface area contributed by atoms with Crippen molar-refractivity contribution < 1.29 is 47.6 Å². The Labute approximate surface area is 327 Å². The number of nitrogens with zero attached hydrogens (tertiary/aromatic N) is 2. The van der Waals surface area contributed by atoms with Crippen molar-refractivity contribution in [1.29, 1.82) is 0 Å². The fourth-order valence-corrected chi connectivity index (χ4v) is 8.83. The number of aliphatic hydroxyl groups is 2. The van der Waals surface area contributed by atoms with Gasteiger partial charge in [0.05, 0.1) is 25.3 Å². The Morgan fingerprint density at radius 1 is 1.02 bits per heavy atom. The fourth-order valence-electron chi connectivity index (χ4n) is 8.83. The van der Waals surface area contributed by atoms with Gasteiger partial charge in [-0.25, -0.2) is 13.6 Å². The van der Waals surface area contributed by atoms with Crippen molar-refractivity contribution in [3.8, 4) is 11.5 Å². The summed E-state index contributed by atoms with van der Waals surface area (Å²) in [5.74, 6) is -1.98. The highest BCUT2D eigenvalue weighted by molar-refractivity contribution is 6.02. The van der Waals surface area contributed by atoms with Crippen LogP contribution in [0, 0.1) is 29.4 Å². The number of aliphatic hydroxyl groups excluding tert-OH is 2. The second-order valence-electron chi connectivity index (χ2n) is 14.6. The van der Waals surface area contributed by atoms with E-state index in [1.807, 2.05) is 12.1 Å². The van der Waals surface area contributed by atoms with Crippen LogP contribution < -0.4 is 9.47 Å². The number of carbonyl (C=O) groups excluding carboxylic acids is 1. The summed E-state index contributed by atoms with van der Waals surface area (Å²) in [6.45, 7) is 4.25. The lowest BCUT2D eigenvalue weighted by atomic mass is 9.55. The molecule has 0 saturated heterocycles. The number of carbonyl (C=O) groups is 1. The first-order valence-corrected chi connectivity index (χ1v) is 19.3. The van der Waals surface area contributed by atoms with Gasteiger partial charge >= 0.3 is 6.09 Å². The number of hydrogen-bond acceptors (Lipinski definition) is 9. The molecule has 1 heterocycles. The molecule has 0 bridgehead atoms. The summed E-state index contributed by atoms with van der Waals surface area (Å²) < 4.78 is 54.4.